The van der Waals surface area contributed by atoms with Gasteiger partial charge < -0.3 is 9.64 Å². The van der Waals surface area contributed by atoms with Crippen LogP contribution in [0.2, 0.25) is 0 Å². The molecule has 4 amide bonds. The Labute approximate surface area is 209 Å². The van der Waals surface area contributed by atoms with Crippen molar-refractivity contribution in [3.05, 3.63) is 48.3 Å². The highest BCUT2D eigenvalue weighted by atomic mass is 32.2. The molecule has 3 heterocycles. The Balaban J connectivity index is 1.48. The maximum absolute atomic E-state index is 13.5. The van der Waals surface area contributed by atoms with Crippen molar-refractivity contribution >= 4 is 39.1 Å². The van der Waals surface area contributed by atoms with Crippen LogP contribution in [0, 0.1) is 5.92 Å². The molecule has 196 valence electrons. The number of amides is 4. The summed E-state index contributed by atoms with van der Waals surface area (Å²) in [6.45, 7) is 3.34. The molecule has 1 saturated carbocycles. The van der Waals surface area contributed by atoms with E-state index in [0.29, 0.717) is 44.9 Å². The zero-order valence-corrected chi connectivity index (χ0v) is 20.3. The standard InChI is InChI=1S/C23H21F3N4O6S/c1-14-13-22(14)20(32)29(15-2-4-17(5-3-15)37(34,35)23(24,25)26)21(33)30(22)16-6-7-27-18(12-16)19(31)28-8-10-36-11-9-28/h2-7,12,14H,8-11,13H2,1H3. The number of halogens is 3. The topological polar surface area (TPSA) is 117 Å². The van der Waals surface area contributed by atoms with E-state index in [1.165, 1.54) is 23.2 Å². The molecule has 1 spiro atoms. The third kappa shape index (κ3) is 3.85. The number of hydrogen-bond donors (Lipinski definition) is 0. The molecule has 37 heavy (non-hydrogen) atoms. The molecule has 0 radical (unpaired) electrons. The lowest BCUT2D eigenvalue weighted by Crippen LogP contribution is -2.41. The number of nitrogens with zero attached hydrogens (tertiary/aromatic N) is 4. The lowest BCUT2D eigenvalue weighted by atomic mass is 10.1. The quantitative estimate of drug-likeness (QED) is 0.550. The number of rotatable bonds is 4. The summed E-state index contributed by atoms with van der Waals surface area (Å²) >= 11 is 0. The Morgan fingerprint density at radius 1 is 1.08 bits per heavy atom. The molecule has 3 fully saturated rings. The second-order valence-corrected chi connectivity index (χ2v) is 11.0. The summed E-state index contributed by atoms with van der Waals surface area (Å²) in [5.74, 6) is -1.17. The minimum absolute atomic E-state index is 0.0734. The van der Waals surface area contributed by atoms with Crippen molar-refractivity contribution in [1.29, 1.82) is 0 Å². The highest BCUT2D eigenvalue weighted by Gasteiger charge is 2.70. The Bertz CT molecular complexity index is 1390. The summed E-state index contributed by atoms with van der Waals surface area (Å²) in [4.78, 5) is 46.7. The van der Waals surface area contributed by atoms with Gasteiger partial charge >= 0.3 is 11.5 Å². The van der Waals surface area contributed by atoms with Gasteiger partial charge in [0.15, 0.2) is 0 Å². The Hall–Kier alpha value is -3.52. The molecule has 14 heteroatoms. The molecular weight excluding hydrogens is 517 g/mol. The summed E-state index contributed by atoms with van der Waals surface area (Å²) in [5, 5.41) is 0. The van der Waals surface area contributed by atoms with E-state index in [4.69, 9.17) is 4.74 Å². The van der Waals surface area contributed by atoms with Crippen LogP contribution in [-0.4, -0.2) is 73.5 Å². The molecule has 2 atom stereocenters. The predicted octanol–water partition coefficient (Wildman–Crippen LogP) is 2.60. The molecule has 1 aromatic heterocycles. The molecular formula is C23H21F3N4O6S. The van der Waals surface area contributed by atoms with Gasteiger partial charge in [-0.05, 0) is 48.7 Å². The number of morpholine rings is 1. The van der Waals surface area contributed by atoms with Crippen LogP contribution in [0.15, 0.2) is 47.5 Å². The number of benzene rings is 1. The van der Waals surface area contributed by atoms with Crippen LogP contribution >= 0.6 is 0 Å². The second-order valence-electron chi connectivity index (χ2n) is 9.03. The third-order valence-electron chi connectivity index (χ3n) is 6.86. The van der Waals surface area contributed by atoms with Gasteiger partial charge in [-0.1, -0.05) is 6.92 Å². The van der Waals surface area contributed by atoms with Gasteiger partial charge in [-0.15, -0.1) is 0 Å². The molecule has 3 aliphatic rings. The second kappa shape index (κ2) is 8.52. The minimum Gasteiger partial charge on any atom is -0.378 e. The third-order valence-corrected chi connectivity index (χ3v) is 8.36. The number of sulfone groups is 1. The fraction of sp³-hybridized carbons (Fsp3) is 0.391. The van der Waals surface area contributed by atoms with Crippen LogP contribution < -0.4 is 9.80 Å². The van der Waals surface area contributed by atoms with E-state index < -0.39 is 37.7 Å². The van der Waals surface area contributed by atoms with Gasteiger partial charge in [-0.25, -0.2) is 18.1 Å². The van der Waals surface area contributed by atoms with Gasteiger partial charge in [0.25, 0.3) is 21.7 Å². The number of carbonyl (C=O) groups is 3. The summed E-state index contributed by atoms with van der Waals surface area (Å²) in [5.41, 5.74) is -6.43. The van der Waals surface area contributed by atoms with Gasteiger partial charge in [0.05, 0.1) is 29.5 Å². The van der Waals surface area contributed by atoms with E-state index in [9.17, 15) is 36.0 Å². The lowest BCUT2D eigenvalue weighted by Gasteiger charge is -2.27. The molecule has 0 bridgehead atoms. The van der Waals surface area contributed by atoms with E-state index in [1.807, 2.05) is 0 Å². The van der Waals surface area contributed by atoms with Gasteiger partial charge in [0, 0.05) is 19.3 Å². The van der Waals surface area contributed by atoms with Crippen molar-refractivity contribution in [1.82, 2.24) is 9.88 Å². The van der Waals surface area contributed by atoms with E-state index in [0.717, 1.165) is 17.0 Å². The predicted molar refractivity (Wildman–Crippen MR) is 123 cm³/mol. The monoisotopic (exact) mass is 538 g/mol. The average Bonchev–Trinajstić information content (AvgIpc) is 3.49. The first-order chi connectivity index (χ1) is 17.4. The number of alkyl halides is 3. The van der Waals surface area contributed by atoms with Crippen molar-refractivity contribution in [2.24, 2.45) is 5.92 Å². The van der Waals surface area contributed by atoms with Crippen molar-refractivity contribution in [3.63, 3.8) is 0 Å². The van der Waals surface area contributed by atoms with E-state index >= 15 is 0 Å². The average molecular weight is 539 g/mol. The number of aromatic nitrogens is 1. The van der Waals surface area contributed by atoms with Gasteiger partial charge in [-0.3, -0.25) is 19.5 Å². The fourth-order valence-electron chi connectivity index (χ4n) is 4.74. The molecule has 2 saturated heterocycles. The van der Waals surface area contributed by atoms with Crippen molar-refractivity contribution < 1.29 is 40.7 Å². The van der Waals surface area contributed by atoms with Crippen LogP contribution in [0.3, 0.4) is 0 Å². The molecule has 2 aromatic rings. The zero-order chi connectivity index (χ0) is 26.8. The summed E-state index contributed by atoms with van der Waals surface area (Å²) in [6.07, 6.45) is 1.70. The molecule has 10 nitrogen and oxygen atoms in total. The maximum atomic E-state index is 13.5. The Kier molecular flexibility index (Phi) is 5.79. The molecule has 0 N–H and O–H groups in total. The van der Waals surface area contributed by atoms with E-state index in [1.54, 1.807) is 11.8 Å². The van der Waals surface area contributed by atoms with Crippen molar-refractivity contribution in [2.75, 3.05) is 36.1 Å². The Morgan fingerprint density at radius 2 is 1.70 bits per heavy atom. The van der Waals surface area contributed by atoms with Crippen LogP contribution in [0.25, 0.3) is 0 Å². The molecule has 1 aromatic carbocycles. The molecule has 5 rings (SSSR count). The molecule has 2 aliphatic heterocycles. The van der Waals surface area contributed by atoms with Crippen LogP contribution in [-0.2, 0) is 19.4 Å². The normalized spacial score (nSPS) is 24.2. The summed E-state index contributed by atoms with van der Waals surface area (Å²) in [6, 6.07) is 5.54. The first-order valence-corrected chi connectivity index (χ1v) is 12.8. The highest BCUT2D eigenvalue weighted by Crippen LogP contribution is 2.55. The first kappa shape index (κ1) is 25.1. The number of hydrogen-bond acceptors (Lipinski definition) is 7. The maximum Gasteiger partial charge on any atom is 0.501 e. The highest BCUT2D eigenvalue weighted by molar-refractivity contribution is 7.92. The Morgan fingerprint density at radius 3 is 2.27 bits per heavy atom. The first-order valence-electron chi connectivity index (χ1n) is 11.3. The molecule has 2 unspecified atom stereocenters. The number of imide groups is 1. The van der Waals surface area contributed by atoms with E-state index in [2.05, 4.69) is 4.98 Å². The van der Waals surface area contributed by atoms with Crippen LogP contribution in [0.5, 0.6) is 0 Å². The van der Waals surface area contributed by atoms with Gasteiger partial charge in [0.1, 0.15) is 11.2 Å². The van der Waals surface area contributed by atoms with Crippen molar-refractivity contribution in [3.8, 4) is 0 Å². The van der Waals surface area contributed by atoms with Crippen molar-refractivity contribution in [2.45, 2.75) is 29.3 Å². The molecule has 1 aliphatic carbocycles. The summed E-state index contributed by atoms with van der Waals surface area (Å²) < 4.78 is 67.3. The smallest absolute Gasteiger partial charge is 0.378 e. The SMILES string of the molecule is CC1CC12C(=O)N(c1ccc(S(=O)(=O)C(F)(F)F)cc1)C(=O)N2c1ccnc(C(=O)N2CCOCC2)c1. The van der Waals surface area contributed by atoms with Crippen LogP contribution in [0.1, 0.15) is 23.8 Å². The zero-order valence-electron chi connectivity index (χ0n) is 19.4. The number of ether oxygens (including phenoxy) is 1. The number of carbonyl (C=O) groups excluding carboxylic acids is 3. The van der Waals surface area contributed by atoms with Gasteiger partial charge in [-0.2, -0.15) is 13.2 Å². The number of anilines is 2. The fourth-order valence-corrected chi connectivity index (χ4v) is 5.51. The largest absolute Gasteiger partial charge is 0.501 e. The van der Waals surface area contributed by atoms with Crippen LogP contribution in [0.4, 0.5) is 29.3 Å². The van der Waals surface area contributed by atoms with E-state index in [-0.39, 0.29) is 28.9 Å². The minimum atomic E-state index is -5.59. The van der Waals surface area contributed by atoms with Gasteiger partial charge in [0.2, 0.25) is 0 Å². The lowest BCUT2D eigenvalue weighted by molar-refractivity contribution is -0.119. The summed E-state index contributed by atoms with van der Waals surface area (Å²) in [7, 11) is -5.59. The number of urea groups is 1. The number of pyridine rings is 1.